The summed E-state index contributed by atoms with van der Waals surface area (Å²) in [4.78, 5) is 11.8. The number of halogens is 1. The van der Waals surface area contributed by atoms with E-state index in [9.17, 15) is 4.79 Å². The molecule has 0 aliphatic rings. The number of hydrogen-bond donors (Lipinski definition) is 0. The molecule has 0 rings (SSSR count). The molecule has 0 amide bonds. The quantitative estimate of drug-likeness (QED) is 0.0281. The third-order valence-electron chi connectivity index (χ3n) is 7.87. The maximum atomic E-state index is 11.8. The molecule has 0 aromatic rings. The van der Waals surface area contributed by atoms with Crippen LogP contribution in [0.15, 0.2) is 0 Å². The molecular formula is C40H79IO13. The van der Waals surface area contributed by atoms with E-state index in [2.05, 4.69) is 29.5 Å². The summed E-state index contributed by atoms with van der Waals surface area (Å²) < 4.78 is 67.0. The van der Waals surface area contributed by atoms with E-state index in [1.54, 1.807) is 0 Å². The van der Waals surface area contributed by atoms with E-state index >= 15 is 0 Å². The first-order valence-electron chi connectivity index (χ1n) is 20.9. The average molecular weight is 895 g/mol. The number of alkyl halides is 1. The summed E-state index contributed by atoms with van der Waals surface area (Å²) in [6.07, 6.45) is 16.6. The topological polar surface area (TPSA) is 128 Å². The second-order valence-electron chi connectivity index (χ2n) is 12.6. The van der Waals surface area contributed by atoms with Crippen molar-refractivity contribution in [3.63, 3.8) is 0 Å². The van der Waals surface area contributed by atoms with Crippen molar-refractivity contribution in [1.29, 1.82) is 0 Å². The molecule has 0 fully saturated rings. The van der Waals surface area contributed by atoms with Gasteiger partial charge in [0.15, 0.2) is 0 Å². The Morgan fingerprint density at radius 3 is 0.907 bits per heavy atom. The highest BCUT2D eigenvalue weighted by atomic mass is 127. The third kappa shape index (κ3) is 49.8. The number of rotatable bonds is 49. The van der Waals surface area contributed by atoms with Gasteiger partial charge in [-0.05, 0) is 23.7 Å². The zero-order chi connectivity index (χ0) is 38.9. The highest BCUT2D eigenvalue weighted by molar-refractivity contribution is 14.1. The van der Waals surface area contributed by atoms with Crippen LogP contribution in [0.2, 0.25) is 0 Å². The van der Waals surface area contributed by atoms with Crippen LogP contribution in [0, 0.1) is 0 Å². The normalized spacial score (nSPS) is 11.5. The average Bonchev–Trinajstić information content (AvgIpc) is 3.18. The predicted molar refractivity (Wildman–Crippen MR) is 219 cm³/mol. The van der Waals surface area contributed by atoms with Gasteiger partial charge in [0.1, 0.15) is 6.61 Å². The van der Waals surface area contributed by atoms with Crippen LogP contribution in [-0.4, -0.2) is 162 Å². The second kappa shape index (κ2) is 50.8. The van der Waals surface area contributed by atoms with Crippen LogP contribution >= 0.6 is 22.6 Å². The Morgan fingerprint density at radius 1 is 0.315 bits per heavy atom. The molecule has 0 saturated carbocycles. The van der Waals surface area contributed by atoms with Gasteiger partial charge < -0.3 is 56.8 Å². The summed E-state index contributed by atoms with van der Waals surface area (Å²) in [5.41, 5.74) is 0. The molecule has 0 unspecified atom stereocenters. The van der Waals surface area contributed by atoms with Crippen LogP contribution in [0.1, 0.15) is 96.8 Å². The van der Waals surface area contributed by atoms with Gasteiger partial charge >= 0.3 is 5.97 Å². The number of carbonyl (C=O) groups excluding carboxylic acids is 1. The van der Waals surface area contributed by atoms with E-state index in [1.807, 2.05) is 0 Å². The standard InChI is InChI=1S/C40H79IO13/c1-2-3-4-5-6-7-8-9-12-15-40(42)54-39-38-53-37-36-52-35-34-51-33-32-50-31-30-49-29-28-48-27-26-47-25-24-46-23-22-45-21-20-44-19-18-43-17-14-11-10-13-16-41/h2-39H2,1H3. The molecule has 0 radical (unpaired) electrons. The molecule has 0 bridgehead atoms. The third-order valence-corrected chi connectivity index (χ3v) is 8.63. The molecule has 54 heavy (non-hydrogen) atoms. The molecule has 0 aliphatic heterocycles. The van der Waals surface area contributed by atoms with Gasteiger partial charge in [0.05, 0.1) is 139 Å². The van der Waals surface area contributed by atoms with Crippen molar-refractivity contribution in [3.8, 4) is 0 Å². The lowest BCUT2D eigenvalue weighted by Crippen LogP contribution is -2.15. The van der Waals surface area contributed by atoms with Crippen LogP contribution in [0.3, 0.4) is 0 Å². The summed E-state index contributed by atoms with van der Waals surface area (Å²) in [7, 11) is 0. The molecule has 0 saturated heterocycles. The number of ether oxygens (including phenoxy) is 12. The molecule has 0 heterocycles. The number of unbranched alkanes of at least 4 members (excludes halogenated alkanes) is 11. The van der Waals surface area contributed by atoms with Crippen LogP contribution in [0.5, 0.6) is 0 Å². The maximum absolute atomic E-state index is 11.8. The van der Waals surface area contributed by atoms with Crippen LogP contribution in [0.25, 0.3) is 0 Å². The number of esters is 1. The van der Waals surface area contributed by atoms with E-state index in [0.717, 1.165) is 25.9 Å². The van der Waals surface area contributed by atoms with Gasteiger partial charge in [-0.1, -0.05) is 93.7 Å². The number of hydrogen-bond acceptors (Lipinski definition) is 13. The van der Waals surface area contributed by atoms with E-state index in [0.29, 0.717) is 145 Å². The summed E-state index contributed by atoms with van der Waals surface area (Å²) in [6, 6.07) is 0. The van der Waals surface area contributed by atoms with Crippen molar-refractivity contribution in [3.05, 3.63) is 0 Å². The summed E-state index contributed by atoms with van der Waals surface area (Å²) in [5, 5.41) is 0. The zero-order valence-electron chi connectivity index (χ0n) is 34.1. The van der Waals surface area contributed by atoms with E-state index in [1.165, 1.54) is 68.6 Å². The Bertz CT molecular complexity index is 696. The van der Waals surface area contributed by atoms with Crippen molar-refractivity contribution in [2.24, 2.45) is 0 Å². The molecule has 13 nitrogen and oxygen atoms in total. The van der Waals surface area contributed by atoms with Crippen molar-refractivity contribution in [2.45, 2.75) is 96.8 Å². The maximum Gasteiger partial charge on any atom is 0.305 e. The highest BCUT2D eigenvalue weighted by Crippen LogP contribution is 2.10. The van der Waals surface area contributed by atoms with Gasteiger partial charge in [-0.2, -0.15) is 0 Å². The molecule has 324 valence electrons. The van der Waals surface area contributed by atoms with Crippen molar-refractivity contribution in [2.75, 3.05) is 156 Å². The number of carbonyl (C=O) groups is 1. The first kappa shape index (κ1) is 53.8. The van der Waals surface area contributed by atoms with Gasteiger partial charge in [-0.25, -0.2) is 0 Å². The zero-order valence-corrected chi connectivity index (χ0v) is 36.2. The lowest BCUT2D eigenvalue weighted by Gasteiger charge is -2.09. The molecular weight excluding hydrogens is 815 g/mol. The molecule has 0 aromatic carbocycles. The summed E-state index contributed by atoms with van der Waals surface area (Å²) in [5.74, 6) is -0.135. The van der Waals surface area contributed by atoms with Crippen molar-refractivity contribution < 1.29 is 61.6 Å². The first-order chi connectivity index (χ1) is 26.8. The Hall–Kier alpha value is -0.240. The van der Waals surface area contributed by atoms with E-state index in [4.69, 9.17) is 56.8 Å². The summed E-state index contributed by atoms with van der Waals surface area (Å²) >= 11 is 2.42. The molecule has 0 aliphatic carbocycles. The van der Waals surface area contributed by atoms with Gasteiger partial charge in [0.25, 0.3) is 0 Å². The molecule has 14 heteroatoms. The fraction of sp³-hybridized carbons (Fsp3) is 0.975. The van der Waals surface area contributed by atoms with E-state index in [-0.39, 0.29) is 12.6 Å². The van der Waals surface area contributed by atoms with Gasteiger partial charge in [0.2, 0.25) is 0 Å². The van der Waals surface area contributed by atoms with E-state index < -0.39 is 0 Å². The second-order valence-corrected chi connectivity index (χ2v) is 13.7. The summed E-state index contributed by atoms with van der Waals surface area (Å²) in [6.45, 7) is 14.2. The first-order valence-corrected chi connectivity index (χ1v) is 22.4. The van der Waals surface area contributed by atoms with Crippen LogP contribution < -0.4 is 0 Å². The van der Waals surface area contributed by atoms with Crippen molar-refractivity contribution in [1.82, 2.24) is 0 Å². The minimum Gasteiger partial charge on any atom is -0.463 e. The van der Waals surface area contributed by atoms with Crippen LogP contribution in [0.4, 0.5) is 0 Å². The smallest absolute Gasteiger partial charge is 0.305 e. The minimum atomic E-state index is -0.135. The Morgan fingerprint density at radius 2 is 0.574 bits per heavy atom. The van der Waals surface area contributed by atoms with Crippen LogP contribution in [-0.2, 0) is 61.6 Å². The lowest BCUT2D eigenvalue weighted by atomic mass is 10.1. The van der Waals surface area contributed by atoms with Crippen molar-refractivity contribution >= 4 is 28.6 Å². The fourth-order valence-corrected chi connectivity index (χ4v) is 5.36. The minimum absolute atomic E-state index is 0.135. The Balaban J connectivity index is 3.10. The van der Waals surface area contributed by atoms with Gasteiger partial charge in [-0.3, -0.25) is 4.79 Å². The predicted octanol–water partition coefficient (Wildman–Crippen LogP) is 6.63. The largest absolute Gasteiger partial charge is 0.463 e. The Labute approximate surface area is 342 Å². The lowest BCUT2D eigenvalue weighted by molar-refractivity contribution is -0.145. The van der Waals surface area contributed by atoms with Gasteiger partial charge in [-0.15, -0.1) is 0 Å². The molecule has 0 aromatic heterocycles. The fourth-order valence-electron chi connectivity index (χ4n) is 4.82. The highest BCUT2D eigenvalue weighted by Gasteiger charge is 2.03. The SMILES string of the molecule is CCCCCCCCCCCC(=O)OCCOCCOCCOCCOCCOCCOCCOCCOCCOCCOCCOCCCCCCI. The molecule has 0 spiro atoms. The monoisotopic (exact) mass is 894 g/mol. The Kier molecular flexibility index (Phi) is 50.6. The molecule has 0 N–H and O–H groups in total. The molecule has 0 atom stereocenters. The van der Waals surface area contributed by atoms with Gasteiger partial charge in [0, 0.05) is 13.0 Å².